The maximum atomic E-state index is 17.3. The van der Waals surface area contributed by atoms with Crippen LogP contribution in [0.3, 0.4) is 0 Å². The van der Waals surface area contributed by atoms with Gasteiger partial charge in [0.15, 0.2) is 11.4 Å². The Bertz CT molecular complexity index is 3350. The van der Waals surface area contributed by atoms with Crippen LogP contribution in [0.5, 0.6) is 0 Å². The zero-order valence-corrected chi connectivity index (χ0v) is 53.4. The molecule has 20 rings (SSSR count). The number of ether oxygens (including phenoxy) is 2. The Morgan fingerprint density at radius 1 is 0.705 bits per heavy atom. The lowest BCUT2D eigenvalue weighted by molar-refractivity contribution is -0.282. The number of piperidine rings is 2. The summed E-state index contributed by atoms with van der Waals surface area (Å²) in [5.41, 5.74) is 13.6. The molecule has 7 aliphatic heterocycles. The number of fused-ring (bicyclic) bond motifs is 8. The summed E-state index contributed by atoms with van der Waals surface area (Å²) in [6, 6.07) is 7.55. The number of carbonyl (C=O) groups is 2. The number of hydrogen-bond acceptors (Lipinski definition) is 8. The Morgan fingerprint density at radius 2 is 1.52 bits per heavy atom. The maximum absolute atomic E-state index is 17.3. The Hall–Kier alpha value is -3.80. The van der Waals surface area contributed by atoms with Crippen LogP contribution < -0.4 is 5.73 Å². The van der Waals surface area contributed by atoms with Gasteiger partial charge in [-0.1, -0.05) is 124 Å². The number of allylic oxidation sites excluding steroid dienone is 4. The summed E-state index contributed by atoms with van der Waals surface area (Å²) in [5, 5.41) is 14.5. The van der Waals surface area contributed by atoms with Gasteiger partial charge in [-0.2, -0.15) is 0 Å². The third kappa shape index (κ3) is 6.62. The van der Waals surface area contributed by atoms with E-state index in [1.54, 1.807) is 16.8 Å². The van der Waals surface area contributed by atoms with Crippen LogP contribution in [0.1, 0.15) is 253 Å². The summed E-state index contributed by atoms with van der Waals surface area (Å²) < 4.78 is 15.3. The molecule has 10 bridgehead atoms. The molecule has 8 heteroatoms. The molecule has 1 aromatic carbocycles. The van der Waals surface area contributed by atoms with E-state index >= 15 is 9.59 Å². The van der Waals surface area contributed by atoms with Crippen molar-refractivity contribution >= 4 is 11.9 Å². The minimum atomic E-state index is -1.17. The van der Waals surface area contributed by atoms with Gasteiger partial charge in [0.05, 0.1) is 11.0 Å². The number of nitrogens with two attached hydrogens (primary N) is 1. The van der Waals surface area contributed by atoms with Gasteiger partial charge in [0, 0.05) is 73.1 Å². The molecule has 88 heavy (non-hydrogen) atoms. The zero-order chi connectivity index (χ0) is 58.3. The van der Waals surface area contributed by atoms with Crippen LogP contribution in [0.2, 0.25) is 0 Å². The number of esters is 2. The number of nitrogens with zero attached hydrogens (tertiary/aromatic N) is 2. The number of rotatable bonds is 5. The standard InChI is InChI=1S/C80H103N3O5/c81-37-12-18-49-16-8-21-61-67(49)72(85)88-80(61)66-41-50(53-17-10-30-74(43-53)28-4-5-29-74)23-24-51-39-60-59(48-14-2-1-3-15-48)40-52-25-26-63-54-38-55-47-83(63)70(52)68(60)58-27-36-78(80)71(87-73(86)79(66,78)69(51)58)65(84)42-64-56-44-75(31-6-7-32-75)77(45-56)35-13-34-76(77)33-11-20-57(76)19-9-22-62(55)82(64)46-54/h8,16,21,23-24,48,50-51,53-57,59-60,62-64,66,68,84H,1-7,10-15,17-18,20,22,25-47,81H2/b24-23-,71-65+/t50-,51-,53-,54-,55-,56+,57-,59-,60-,62+,63-,64-,66+,68+,76-,77-,78-,79-,80-/m1/s1. The molecule has 7 spiro atoms. The SMILES string of the molecule is NCCCc1cccc2c1C(=O)O[C@@]21[C@H]2C[C@H]([C@@H]3CCCC4(CCCC4)C3)/C=C\[C@@H]3C[C@H]4[C@@H]5C6=C3[C@@]23C(=O)O/C(=C(/O)C[C@@H]2[C@H]7CC8(CCCC8)[C@@]8(CCC[C@@]89CCC[C@H]9C#CC[C@H]8[C@@H]9C[C@H](CN28)[C@H]2CCC(=C5N2C9)C[C@@H]4C2CCCCC2)C7)[C@]31CC6. The second kappa shape index (κ2) is 19.2. The van der Waals surface area contributed by atoms with Crippen LogP contribution in [0.25, 0.3) is 0 Å². The Balaban J connectivity index is 0.850. The van der Waals surface area contributed by atoms with E-state index in [4.69, 9.17) is 15.2 Å². The van der Waals surface area contributed by atoms with Crippen molar-refractivity contribution in [1.82, 2.24) is 9.80 Å². The average molecular weight is 1190 g/mol. The zero-order valence-electron chi connectivity index (χ0n) is 53.4. The monoisotopic (exact) mass is 1190 g/mol. The summed E-state index contributed by atoms with van der Waals surface area (Å²) in [7, 11) is 0. The van der Waals surface area contributed by atoms with Crippen LogP contribution >= 0.6 is 0 Å². The first-order valence-electron chi connectivity index (χ1n) is 38.0. The van der Waals surface area contributed by atoms with E-state index in [1.165, 1.54) is 192 Å². The van der Waals surface area contributed by atoms with Crippen molar-refractivity contribution < 1.29 is 24.2 Å². The molecule has 11 fully saturated rings. The molecule has 0 amide bonds. The highest BCUT2D eigenvalue weighted by atomic mass is 16.6. The molecule has 19 aliphatic rings. The van der Waals surface area contributed by atoms with Gasteiger partial charge >= 0.3 is 11.9 Å². The van der Waals surface area contributed by atoms with Gasteiger partial charge in [-0.05, 0) is 240 Å². The van der Waals surface area contributed by atoms with E-state index in [0.29, 0.717) is 107 Å². The van der Waals surface area contributed by atoms with Gasteiger partial charge < -0.3 is 25.2 Å². The van der Waals surface area contributed by atoms with Crippen molar-refractivity contribution in [3.05, 3.63) is 81.0 Å². The molecular formula is C80H103N3O5. The van der Waals surface area contributed by atoms with E-state index in [-0.39, 0.29) is 47.1 Å². The van der Waals surface area contributed by atoms with Crippen LogP contribution in [0.15, 0.2) is 64.3 Å². The fourth-order valence-corrected chi connectivity index (χ4v) is 30.5. The molecule has 0 radical (unpaired) electrons. The van der Waals surface area contributed by atoms with E-state index in [2.05, 4.69) is 52.0 Å². The van der Waals surface area contributed by atoms with Crippen molar-refractivity contribution in [3.63, 3.8) is 0 Å². The van der Waals surface area contributed by atoms with Gasteiger partial charge in [-0.25, -0.2) is 4.79 Å². The van der Waals surface area contributed by atoms with E-state index < -0.39 is 16.4 Å². The lowest BCUT2D eigenvalue weighted by Gasteiger charge is -2.73. The number of carbonyl (C=O) groups excluding carboxylic acids is 2. The van der Waals surface area contributed by atoms with Crippen LogP contribution in [-0.2, 0) is 26.3 Å². The molecule has 468 valence electrons. The lowest BCUT2D eigenvalue weighted by atomic mass is 9.27. The first kappa shape index (κ1) is 54.7. The highest BCUT2D eigenvalue weighted by Crippen LogP contribution is 2.89. The van der Waals surface area contributed by atoms with Crippen molar-refractivity contribution in [2.24, 2.45) is 109 Å². The largest absolute Gasteiger partial charge is 0.509 e. The Labute approximate surface area is 526 Å². The number of aliphatic hydroxyl groups is 1. The molecule has 8 saturated carbocycles. The number of hydrogen-bond donors (Lipinski definition) is 2. The van der Waals surface area contributed by atoms with E-state index in [9.17, 15) is 5.11 Å². The number of benzene rings is 1. The minimum Gasteiger partial charge on any atom is -0.509 e. The van der Waals surface area contributed by atoms with Crippen molar-refractivity contribution in [2.75, 3.05) is 19.6 Å². The predicted molar refractivity (Wildman–Crippen MR) is 340 cm³/mol. The molecule has 12 aliphatic carbocycles. The molecule has 0 unspecified atom stereocenters. The van der Waals surface area contributed by atoms with E-state index in [0.717, 1.165) is 67.8 Å². The Kier molecular flexibility index (Phi) is 11.9. The number of aliphatic hydroxyl groups excluding tert-OH is 1. The molecule has 3 N–H and O–H groups in total. The van der Waals surface area contributed by atoms with Crippen molar-refractivity contribution in [3.8, 4) is 11.8 Å². The average Bonchev–Trinajstić information content (AvgIpc) is 1.24. The normalized spacial score (nSPS) is 48.8. The van der Waals surface area contributed by atoms with Crippen LogP contribution in [0, 0.1) is 115 Å². The number of aryl methyl sites for hydroxylation is 1. The van der Waals surface area contributed by atoms with Gasteiger partial charge in [0.25, 0.3) is 0 Å². The van der Waals surface area contributed by atoms with Gasteiger partial charge in [-0.3, -0.25) is 9.69 Å². The fraction of sp³-hybridized carbons (Fsp3) is 0.775. The first-order chi connectivity index (χ1) is 43.1. The summed E-state index contributed by atoms with van der Waals surface area (Å²) in [5.74, 6) is 13.7. The fourth-order valence-electron chi connectivity index (χ4n) is 30.5. The maximum Gasteiger partial charge on any atom is 0.339 e. The predicted octanol–water partition coefficient (Wildman–Crippen LogP) is 16.3. The summed E-state index contributed by atoms with van der Waals surface area (Å²) >= 11 is 0. The van der Waals surface area contributed by atoms with E-state index in [1.807, 2.05) is 0 Å². The molecule has 8 nitrogen and oxygen atoms in total. The quantitative estimate of drug-likeness (QED) is 0.171. The second-order valence-corrected chi connectivity index (χ2v) is 35.1. The summed E-state index contributed by atoms with van der Waals surface area (Å²) in [6.45, 7) is 2.76. The highest BCUT2D eigenvalue weighted by molar-refractivity contribution is 6.00. The highest BCUT2D eigenvalue weighted by Gasteiger charge is 2.94. The summed E-state index contributed by atoms with van der Waals surface area (Å²) in [6.07, 6.45) is 50.2. The van der Waals surface area contributed by atoms with Crippen LogP contribution in [0.4, 0.5) is 0 Å². The van der Waals surface area contributed by atoms with Crippen LogP contribution in [-0.4, -0.2) is 64.6 Å². The lowest BCUT2D eigenvalue weighted by Crippen LogP contribution is -2.78. The smallest absolute Gasteiger partial charge is 0.339 e. The van der Waals surface area contributed by atoms with Crippen molar-refractivity contribution in [1.29, 1.82) is 0 Å². The molecule has 0 aromatic heterocycles. The third-order valence-corrected chi connectivity index (χ3v) is 32.9. The molecule has 19 atom stereocenters. The minimum absolute atomic E-state index is 0.0946. The Morgan fingerprint density at radius 3 is 2.40 bits per heavy atom. The third-order valence-electron chi connectivity index (χ3n) is 32.9. The van der Waals surface area contributed by atoms with Crippen molar-refractivity contribution in [2.45, 2.75) is 261 Å². The van der Waals surface area contributed by atoms with Gasteiger partial charge in [0.2, 0.25) is 0 Å². The molecule has 7 heterocycles. The summed E-state index contributed by atoms with van der Waals surface area (Å²) in [4.78, 5) is 39.4. The molecular weight excluding hydrogens is 1080 g/mol. The molecule has 1 aromatic rings. The van der Waals surface area contributed by atoms with Gasteiger partial charge in [-0.15, -0.1) is 5.92 Å². The molecule has 3 saturated heterocycles. The second-order valence-electron chi connectivity index (χ2n) is 35.1. The topological polar surface area (TPSA) is 105 Å². The van der Waals surface area contributed by atoms with Gasteiger partial charge in [0.1, 0.15) is 11.2 Å². The first-order valence-corrected chi connectivity index (χ1v) is 38.0.